The lowest BCUT2D eigenvalue weighted by Crippen LogP contribution is -2.28. The summed E-state index contributed by atoms with van der Waals surface area (Å²) in [6.07, 6.45) is 5.45. The molecule has 0 saturated carbocycles. The molecule has 0 aliphatic carbocycles. The van der Waals surface area contributed by atoms with Gasteiger partial charge in [-0.25, -0.2) is 4.39 Å². The van der Waals surface area contributed by atoms with Crippen LogP contribution in [-0.4, -0.2) is 5.11 Å². The van der Waals surface area contributed by atoms with Gasteiger partial charge in [-0.2, -0.15) is 5.26 Å². The molecule has 0 radical (unpaired) electrons. The van der Waals surface area contributed by atoms with Crippen LogP contribution in [0.2, 0.25) is 0 Å². The molecule has 0 aliphatic heterocycles. The summed E-state index contributed by atoms with van der Waals surface area (Å²) in [5, 5.41) is 20.0. The first-order valence-corrected chi connectivity index (χ1v) is 6.44. The summed E-state index contributed by atoms with van der Waals surface area (Å²) in [5.41, 5.74) is 1.01. The highest BCUT2D eigenvalue weighted by atomic mass is 19.1. The van der Waals surface area contributed by atoms with Gasteiger partial charge in [0.1, 0.15) is 11.4 Å². The SMILES string of the molecule is C#CC[C@](O)(c1ccc(F)cc1)c1ccc(C#N)cc1C. The number of aryl methyl sites for hydroxylation is 1. The monoisotopic (exact) mass is 279 g/mol. The lowest BCUT2D eigenvalue weighted by Gasteiger charge is -2.29. The van der Waals surface area contributed by atoms with Crippen LogP contribution in [0.4, 0.5) is 4.39 Å². The Morgan fingerprint density at radius 3 is 2.43 bits per heavy atom. The van der Waals surface area contributed by atoms with E-state index in [9.17, 15) is 9.50 Å². The zero-order valence-electron chi connectivity index (χ0n) is 11.6. The summed E-state index contributed by atoms with van der Waals surface area (Å²) >= 11 is 0. The molecule has 0 unspecified atom stereocenters. The highest BCUT2D eigenvalue weighted by molar-refractivity contribution is 5.45. The van der Waals surface area contributed by atoms with Crippen LogP contribution in [0.25, 0.3) is 0 Å². The molecule has 0 saturated heterocycles. The molecule has 0 spiro atoms. The summed E-state index contributed by atoms with van der Waals surface area (Å²) in [4.78, 5) is 0. The van der Waals surface area contributed by atoms with Gasteiger partial charge in [-0.05, 0) is 47.9 Å². The van der Waals surface area contributed by atoms with Gasteiger partial charge in [-0.3, -0.25) is 0 Å². The second-order valence-corrected chi connectivity index (χ2v) is 4.89. The van der Waals surface area contributed by atoms with Crippen molar-refractivity contribution in [3.8, 4) is 18.4 Å². The van der Waals surface area contributed by atoms with Gasteiger partial charge in [-0.15, -0.1) is 12.3 Å². The van der Waals surface area contributed by atoms with Crippen LogP contribution in [0.1, 0.15) is 28.7 Å². The van der Waals surface area contributed by atoms with Crippen molar-refractivity contribution < 1.29 is 9.50 Å². The van der Waals surface area contributed by atoms with E-state index in [1.165, 1.54) is 24.3 Å². The second kappa shape index (κ2) is 5.79. The molecule has 3 heteroatoms. The van der Waals surface area contributed by atoms with Gasteiger partial charge in [0, 0.05) is 6.42 Å². The quantitative estimate of drug-likeness (QED) is 0.876. The molecule has 2 rings (SSSR count). The lowest BCUT2D eigenvalue weighted by molar-refractivity contribution is 0.0858. The Morgan fingerprint density at radius 1 is 1.24 bits per heavy atom. The van der Waals surface area contributed by atoms with Crippen molar-refractivity contribution in [2.24, 2.45) is 0 Å². The molecule has 0 bridgehead atoms. The number of halogens is 1. The Kier molecular flexibility index (Phi) is 4.08. The molecule has 0 fully saturated rings. The van der Waals surface area contributed by atoms with Gasteiger partial charge in [0.2, 0.25) is 0 Å². The first kappa shape index (κ1) is 14.8. The first-order chi connectivity index (χ1) is 10.0. The van der Waals surface area contributed by atoms with E-state index >= 15 is 0 Å². The molecule has 1 N–H and O–H groups in total. The van der Waals surface area contributed by atoms with E-state index in [1.807, 2.05) is 0 Å². The fourth-order valence-electron chi connectivity index (χ4n) is 2.42. The molecular formula is C18H14FNO. The summed E-state index contributed by atoms with van der Waals surface area (Å²) in [7, 11) is 0. The van der Waals surface area contributed by atoms with E-state index in [0.717, 1.165) is 5.56 Å². The topological polar surface area (TPSA) is 44.0 Å². The zero-order chi connectivity index (χ0) is 15.5. The van der Waals surface area contributed by atoms with Gasteiger partial charge in [-0.1, -0.05) is 18.2 Å². The van der Waals surface area contributed by atoms with Gasteiger partial charge in [0.25, 0.3) is 0 Å². The summed E-state index contributed by atoms with van der Waals surface area (Å²) < 4.78 is 13.1. The van der Waals surface area contributed by atoms with Crippen molar-refractivity contribution in [1.82, 2.24) is 0 Å². The average molecular weight is 279 g/mol. The number of rotatable bonds is 3. The number of nitrogens with zero attached hydrogens (tertiary/aromatic N) is 1. The Balaban J connectivity index is 2.60. The molecule has 21 heavy (non-hydrogen) atoms. The van der Waals surface area contributed by atoms with Gasteiger partial charge in [0.15, 0.2) is 0 Å². The van der Waals surface area contributed by atoms with E-state index < -0.39 is 5.60 Å². The van der Waals surface area contributed by atoms with E-state index in [0.29, 0.717) is 16.7 Å². The maximum atomic E-state index is 13.1. The summed E-state index contributed by atoms with van der Waals surface area (Å²) in [6, 6.07) is 12.7. The maximum Gasteiger partial charge on any atom is 0.126 e. The van der Waals surface area contributed by atoms with Crippen LogP contribution in [0, 0.1) is 36.4 Å². The van der Waals surface area contributed by atoms with Crippen molar-refractivity contribution in [3.05, 3.63) is 70.5 Å². The van der Waals surface area contributed by atoms with Crippen LogP contribution >= 0.6 is 0 Å². The fraction of sp³-hybridized carbons (Fsp3) is 0.167. The van der Waals surface area contributed by atoms with Crippen LogP contribution in [0.3, 0.4) is 0 Å². The fourth-order valence-corrected chi connectivity index (χ4v) is 2.42. The van der Waals surface area contributed by atoms with Gasteiger partial charge < -0.3 is 5.11 Å². The van der Waals surface area contributed by atoms with Crippen LogP contribution in [0.5, 0.6) is 0 Å². The molecule has 104 valence electrons. The maximum absolute atomic E-state index is 13.1. The predicted octanol–water partition coefficient (Wildman–Crippen LogP) is 3.27. The Morgan fingerprint density at radius 2 is 1.90 bits per heavy atom. The number of aliphatic hydroxyl groups is 1. The van der Waals surface area contributed by atoms with Crippen molar-refractivity contribution in [2.45, 2.75) is 18.9 Å². The van der Waals surface area contributed by atoms with Crippen molar-refractivity contribution in [3.63, 3.8) is 0 Å². The molecule has 0 heterocycles. The van der Waals surface area contributed by atoms with Crippen molar-refractivity contribution >= 4 is 0 Å². The molecule has 2 aromatic rings. The summed E-state index contributed by atoms with van der Waals surface area (Å²) in [6.45, 7) is 1.81. The number of nitriles is 1. The highest BCUT2D eigenvalue weighted by Crippen LogP contribution is 2.35. The molecule has 2 nitrogen and oxygen atoms in total. The predicted molar refractivity (Wildman–Crippen MR) is 78.7 cm³/mol. The third-order valence-electron chi connectivity index (χ3n) is 3.48. The first-order valence-electron chi connectivity index (χ1n) is 6.44. The Bertz CT molecular complexity index is 737. The normalized spacial score (nSPS) is 13.0. The van der Waals surface area contributed by atoms with E-state index in [-0.39, 0.29) is 12.2 Å². The standard InChI is InChI=1S/C18H14FNO/c1-3-10-18(21,15-5-7-16(19)8-6-15)17-9-4-14(12-20)11-13(17)2/h1,4-9,11,21H,10H2,2H3/t18-/m0/s1. The third-order valence-corrected chi connectivity index (χ3v) is 3.48. The molecular weight excluding hydrogens is 265 g/mol. The Labute approximate surface area is 123 Å². The van der Waals surface area contributed by atoms with E-state index in [4.69, 9.17) is 11.7 Å². The van der Waals surface area contributed by atoms with E-state index in [2.05, 4.69) is 12.0 Å². The van der Waals surface area contributed by atoms with Gasteiger partial charge in [0.05, 0.1) is 11.6 Å². The number of benzene rings is 2. The largest absolute Gasteiger partial charge is 0.379 e. The minimum absolute atomic E-state index is 0.0609. The number of hydrogen-bond acceptors (Lipinski definition) is 2. The highest BCUT2D eigenvalue weighted by Gasteiger charge is 2.32. The molecule has 2 aromatic carbocycles. The average Bonchev–Trinajstić information content (AvgIpc) is 2.47. The number of terminal acetylenes is 1. The zero-order valence-corrected chi connectivity index (χ0v) is 11.6. The third kappa shape index (κ3) is 2.79. The second-order valence-electron chi connectivity index (χ2n) is 4.89. The van der Waals surface area contributed by atoms with Gasteiger partial charge >= 0.3 is 0 Å². The summed E-state index contributed by atoms with van der Waals surface area (Å²) in [5.74, 6) is 2.09. The van der Waals surface area contributed by atoms with Crippen molar-refractivity contribution in [1.29, 1.82) is 5.26 Å². The molecule has 1 atom stereocenters. The smallest absolute Gasteiger partial charge is 0.126 e. The minimum Gasteiger partial charge on any atom is -0.379 e. The van der Waals surface area contributed by atoms with Crippen LogP contribution < -0.4 is 0 Å². The van der Waals surface area contributed by atoms with Crippen LogP contribution in [-0.2, 0) is 5.60 Å². The number of hydrogen-bond donors (Lipinski definition) is 1. The van der Waals surface area contributed by atoms with E-state index in [1.54, 1.807) is 25.1 Å². The Hall–Kier alpha value is -2.62. The molecule has 0 aliphatic rings. The van der Waals surface area contributed by atoms with Crippen molar-refractivity contribution in [2.75, 3.05) is 0 Å². The molecule has 0 aromatic heterocycles. The lowest BCUT2D eigenvalue weighted by atomic mass is 9.81. The van der Waals surface area contributed by atoms with Crippen LogP contribution in [0.15, 0.2) is 42.5 Å². The minimum atomic E-state index is -1.40. The molecule has 0 amide bonds.